The summed E-state index contributed by atoms with van der Waals surface area (Å²) in [6.45, 7) is 24.1. The van der Waals surface area contributed by atoms with Crippen LogP contribution < -0.4 is 18.9 Å². The zero-order chi connectivity index (χ0) is 46.5. The molecule has 62 heavy (non-hydrogen) atoms. The smallest absolute Gasteiger partial charge is 0.437 e. The van der Waals surface area contributed by atoms with E-state index in [4.69, 9.17) is 23.8 Å². The van der Waals surface area contributed by atoms with Crippen molar-refractivity contribution in [2.24, 2.45) is 16.2 Å². The molecular formula is C51H69F3N2O6. The van der Waals surface area contributed by atoms with E-state index in [1.807, 2.05) is 111 Å². The zero-order valence-corrected chi connectivity index (χ0v) is 39.1. The largest absolute Gasteiger partial charge is 0.493 e. The van der Waals surface area contributed by atoms with Gasteiger partial charge < -0.3 is 28.6 Å². The van der Waals surface area contributed by atoms with Gasteiger partial charge in [0.15, 0.2) is 5.71 Å². The summed E-state index contributed by atoms with van der Waals surface area (Å²) >= 11 is 0. The third-order valence-electron chi connectivity index (χ3n) is 8.86. The Morgan fingerprint density at radius 1 is 0.677 bits per heavy atom. The van der Waals surface area contributed by atoms with E-state index in [2.05, 4.69) is 53.3 Å². The van der Waals surface area contributed by atoms with Gasteiger partial charge in [0, 0.05) is 5.56 Å². The average Bonchev–Trinajstić information content (AvgIpc) is 3.25. The van der Waals surface area contributed by atoms with Crippen molar-refractivity contribution in [3.63, 3.8) is 0 Å². The molecule has 0 saturated carbocycles. The quantitative estimate of drug-likeness (QED) is 0.0531. The number of hydrogen-bond donors (Lipinski definition) is 0. The fourth-order valence-corrected chi connectivity index (χ4v) is 5.90. The highest BCUT2D eigenvalue weighted by atomic mass is 19.4. The molecule has 0 N–H and O–H groups in total. The summed E-state index contributed by atoms with van der Waals surface area (Å²) < 4.78 is 62.8. The lowest BCUT2D eigenvalue weighted by Gasteiger charge is -2.17. The number of rotatable bonds is 19. The molecule has 0 saturated heterocycles. The number of alkyl halides is 3. The van der Waals surface area contributed by atoms with Crippen LogP contribution in [0.5, 0.6) is 23.0 Å². The minimum absolute atomic E-state index is 0.119. The van der Waals surface area contributed by atoms with Crippen molar-refractivity contribution in [1.82, 2.24) is 0 Å². The van der Waals surface area contributed by atoms with Gasteiger partial charge in [-0.25, -0.2) is 0 Å². The molecule has 0 bridgehead atoms. The van der Waals surface area contributed by atoms with E-state index < -0.39 is 11.9 Å². The molecule has 340 valence electrons. The van der Waals surface area contributed by atoms with E-state index >= 15 is 0 Å². The first-order chi connectivity index (χ1) is 29.8. The van der Waals surface area contributed by atoms with Crippen LogP contribution in [-0.4, -0.2) is 58.7 Å². The standard InChI is InChI=1S/C26H32F3NO4.C21H25NO2.2C2H6/c1-6-7-12-32-23-14-19(3)24(20(4)15-23)33-13-11-18(2)17-34-22-10-8-9-21(16-22)25(30-31-5)26(27,28)29;1-5-6-10-24-20-11-16(2)21(17(3)12-20)14-18-8-7-9-19(13-18)15-22-23-4;2*1-2/h6-10,14-16,18H,11-13,17H2,1-5H3;5-9,11-13,15H,10,14H2,1-4H3;2*1-2H3/b7-6+,30-25+;6-5+,22-15-;;. The number of hydrogen-bond acceptors (Lipinski definition) is 8. The number of aryl methyl sites for hydroxylation is 4. The van der Waals surface area contributed by atoms with E-state index in [1.165, 1.54) is 40.5 Å². The molecule has 4 rings (SSSR count). The van der Waals surface area contributed by atoms with Crippen LogP contribution >= 0.6 is 0 Å². The Morgan fingerprint density at radius 2 is 1.24 bits per heavy atom. The van der Waals surface area contributed by atoms with Crippen LogP contribution in [0.2, 0.25) is 0 Å². The molecule has 4 aromatic carbocycles. The lowest BCUT2D eigenvalue weighted by atomic mass is 9.95. The molecular weight excluding hydrogens is 794 g/mol. The molecule has 8 nitrogen and oxygen atoms in total. The Kier molecular flexibility index (Phi) is 26.6. The lowest BCUT2D eigenvalue weighted by Crippen LogP contribution is -2.24. The molecule has 0 aliphatic heterocycles. The summed E-state index contributed by atoms with van der Waals surface area (Å²) in [5, 5.41) is 6.94. The van der Waals surface area contributed by atoms with Gasteiger partial charge in [-0.05, 0) is 142 Å². The maximum absolute atomic E-state index is 13.2. The third-order valence-corrected chi connectivity index (χ3v) is 8.86. The highest BCUT2D eigenvalue weighted by Crippen LogP contribution is 2.30. The first-order valence-electron chi connectivity index (χ1n) is 21.2. The zero-order valence-electron chi connectivity index (χ0n) is 39.1. The van der Waals surface area contributed by atoms with E-state index in [0.29, 0.717) is 32.2 Å². The van der Waals surface area contributed by atoms with Crippen molar-refractivity contribution in [2.75, 3.05) is 40.6 Å². The SMILES string of the molecule is C/C=C/COc1cc(C)c(Cc2cccc(/C=N\OC)c2)c(C)c1.C/C=C/COc1cc(C)c(OCCC(C)COc2cccc(/C(=N\OC)C(F)(F)F)c2)c(C)c1.CC.CC. The number of ether oxygens (including phenoxy) is 4. The molecule has 11 heteroatoms. The summed E-state index contributed by atoms with van der Waals surface area (Å²) in [7, 11) is 2.62. The number of allylic oxidation sites excluding steroid dienone is 2. The Hall–Kier alpha value is -5.71. The monoisotopic (exact) mass is 863 g/mol. The van der Waals surface area contributed by atoms with E-state index in [0.717, 1.165) is 53.9 Å². The predicted octanol–water partition coefficient (Wildman–Crippen LogP) is 13.5. The molecule has 1 atom stereocenters. The van der Waals surface area contributed by atoms with Crippen molar-refractivity contribution in [3.8, 4) is 23.0 Å². The summed E-state index contributed by atoms with van der Waals surface area (Å²) in [4.78, 5) is 9.10. The topological polar surface area (TPSA) is 80.1 Å². The van der Waals surface area contributed by atoms with E-state index in [-0.39, 0.29) is 11.5 Å². The first kappa shape index (κ1) is 54.3. The Labute approximate surface area is 369 Å². The van der Waals surface area contributed by atoms with Crippen molar-refractivity contribution >= 4 is 11.9 Å². The fourth-order valence-electron chi connectivity index (χ4n) is 5.90. The normalized spacial score (nSPS) is 11.8. The van der Waals surface area contributed by atoms with Crippen LogP contribution in [0.15, 0.2) is 107 Å². The van der Waals surface area contributed by atoms with Gasteiger partial charge in [0.25, 0.3) is 0 Å². The highest BCUT2D eigenvalue weighted by molar-refractivity contribution is 6.04. The van der Waals surface area contributed by atoms with Crippen molar-refractivity contribution in [2.45, 2.75) is 95.2 Å². The van der Waals surface area contributed by atoms with Crippen LogP contribution in [0.25, 0.3) is 0 Å². The molecule has 0 radical (unpaired) electrons. The van der Waals surface area contributed by atoms with Gasteiger partial charge in [0.1, 0.15) is 50.4 Å². The Balaban J connectivity index is 0.000000602. The van der Waals surface area contributed by atoms with Gasteiger partial charge in [0.2, 0.25) is 0 Å². The summed E-state index contributed by atoms with van der Waals surface area (Å²) in [6.07, 6.45) is 6.58. The van der Waals surface area contributed by atoms with Crippen molar-refractivity contribution in [3.05, 3.63) is 142 Å². The molecule has 0 aromatic heterocycles. The maximum atomic E-state index is 13.2. The number of benzene rings is 4. The van der Waals surface area contributed by atoms with Crippen LogP contribution in [-0.2, 0) is 16.1 Å². The minimum Gasteiger partial charge on any atom is -0.493 e. The maximum Gasteiger partial charge on any atom is 0.437 e. The van der Waals surface area contributed by atoms with Crippen LogP contribution in [0.3, 0.4) is 0 Å². The number of halogens is 3. The first-order valence-corrected chi connectivity index (χ1v) is 21.2. The van der Waals surface area contributed by atoms with Crippen LogP contribution in [0.1, 0.15) is 99.4 Å². The fraction of sp³-hybridized carbons (Fsp3) is 0.412. The molecule has 0 heterocycles. The second-order valence-corrected chi connectivity index (χ2v) is 13.7. The van der Waals surface area contributed by atoms with Gasteiger partial charge >= 0.3 is 6.18 Å². The minimum atomic E-state index is -4.63. The van der Waals surface area contributed by atoms with Gasteiger partial charge in [0.05, 0.1) is 19.4 Å². The highest BCUT2D eigenvalue weighted by Gasteiger charge is 2.38. The average molecular weight is 863 g/mol. The summed E-state index contributed by atoms with van der Waals surface area (Å²) in [5.74, 6) is 3.01. The van der Waals surface area contributed by atoms with Crippen LogP contribution in [0, 0.1) is 33.6 Å². The Bertz CT molecular complexity index is 1960. The van der Waals surface area contributed by atoms with Gasteiger partial charge in [-0.1, -0.05) is 99.6 Å². The molecule has 0 fully saturated rings. The van der Waals surface area contributed by atoms with Gasteiger partial charge in [-0.15, -0.1) is 0 Å². The molecule has 0 aliphatic carbocycles. The molecule has 0 aliphatic rings. The second-order valence-electron chi connectivity index (χ2n) is 13.7. The third kappa shape index (κ3) is 19.8. The lowest BCUT2D eigenvalue weighted by molar-refractivity contribution is -0.0608. The van der Waals surface area contributed by atoms with E-state index in [9.17, 15) is 13.2 Å². The molecule has 0 spiro atoms. The predicted molar refractivity (Wildman–Crippen MR) is 250 cm³/mol. The number of oxime groups is 2. The van der Waals surface area contributed by atoms with Gasteiger partial charge in [-0.2, -0.15) is 13.2 Å². The summed E-state index contributed by atoms with van der Waals surface area (Å²) in [6, 6.07) is 22.2. The molecule has 4 aromatic rings. The van der Waals surface area contributed by atoms with Crippen LogP contribution in [0.4, 0.5) is 13.2 Å². The molecule has 1 unspecified atom stereocenters. The summed E-state index contributed by atoms with van der Waals surface area (Å²) in [5.41, 5.74) is 6.90. The van der Waals surface area contributed by atoms with Crippen molar-refractivity contribution < 1.29 is 41.8 Å². The Morgan fingerprint density at radius 3 is 1.77 bits per heavy atom. The number of nitrogens with zero attached hydrogens (tertiary/aromatic N) is 2. The van der Waals surface area contributed by atoms with Gasteiger partial charge in [-0.3, -0.25) is 0 Å². The van der Waals surface area contributed by atoms with Crippen molar-refractivity contribution in [1.29, 1.82) is 0 Å². The van der Waals surface area contributed by atoms with E-state index in [1.54, 1.807) is 19.4 Å². The second kappa shape index (κ2) is 30.3. The molecule has 0 amide bonds.